The summed E-state index contributed by atoms with van der Waals surface area (Å²) in [6.45, 7) is 0. The van der Waals surface area contributed by atoms with Crippen LogP contribution in [0.2, 0.25) is 0 Å². The van der Waals surface area contributed by atoms with Gasteiger partial charge in [0.05, 0.1) is 0 Å². The Balaban J connectivity index is 1.67. The van der Waals surface area contributed by atoms with Crippen molar-refractivity contribution in [1.82, 2.24) is 5.32 Å². The van der Waals surface area contributed by atoms with Gasteiger partial charge < -0.3 is 5.32 Å². The monoisotopic (exact) mass is 273 g/mol. The van der Waals surface area contributed by atoms with Gasteiger partial charge >= 0.3 is 0 Å². The van der Waals surface area contributed by atoms with E-state index in [1.165, 1.54) is 32.1 Å². The number of benzene rings is 1. The molecule has 0 amide bonds. The SMILES string of the molecule is CNC(c1ccccc1F)C1C2CC3CC(C2)CC1C3. The molecule has 4 aliphatic rings. The summed E-state index contributed by atoms with van der Waals surface area (Å²) in [5, 5.41) is 3.45. The first-order chi connectivity index (χ1) is 9.76. The van der Waals surface area contributed by atoms with E-state index in [-0.39, 0.29) is 11.9 Å². The van der Waals surface area contributed by atoms with Crippen molar-refractivity contribution in [2.24, 2.45) is 29.6 Å². The summed E-state index contributed by atoms with van der Waals surface area (Å²) in [7, 11) is 2.00. The second kappa shape index (κ2) is 4.84. The zero-order valence-electron chi connectivity index (χ0n) is 12.2. The lowest BCUT2D eigenvalue weighted by molar-refractivity contribution is -0.0519. The number of hydrogen-bond acceptors (Lipinski definition) is 1. The lowest BCUT2D eigenvalue weighted by Crippen LogP contribution is -2.49. The fourth-order valence-corrected chi connectivity index (χ4v) is 5.79. The van der Waals surface area contributed by atoms with Crippen LogP contribution < -0.4 is 5.32 Å². The van der Waals surface area contributed by atoms with Gasteiger partial charge in [-0.05, 0) is 74.8 Å². The minimum atomic E-state index is -0.0411. The Kier molecular flexibility index (Phi) is 3.10. The highest BCUT2D eigenvalue weighted by Gasteiger charge is 2.50. The van der Waals surface area contributed by atoms with E-state index in [0.29, 0.717) is 5.92 Å². The van der Waals surface area contributed by atoms with Crippen LogP contribution in [0.25, 0.3) is 0 Å². The first-order valence-electron chi connectivity index (χ1n) is 8.18. The largest absolute Gasteiger partial charge is 0.313 e. The maximum atomic E-state index is 14.2. The molecule has 2 heteroatoms. The molecule has 0 aromatic heterocycles. The van der Waals surface area contributed by atoms with E-state index in [1.54, 1.807) is 12.1 Å². The molecule has 4 bridgehead atoms. The zero-order chi connectivity index (χ0) is 13.7. The molecule has 4 saturated carbocycles. The Morgan fingerprint density at radius 2 is 1.60 bits per heavy atom. The molecule has 1 aromatic rings. The number of nitrogens with one attached hydrogen (secondary N) is 1. The molecule has 4 fully saturated rings. The van der Waals surface area contributed by atoms with Gasteiger partial charge in [0, 0.05) is 11.6 Å². The van der Waals surface area contributed by atoms with Crippen molar-refractivity contribution in [1.29, 1.82) is 0 Å². The third-order valence-electron chi connectivity index (χ3n) is 6.24. The highest BCUT2D eigenvalue weighted by atomic mass is 19.1. The van der Waals surface area contributed by atoms with Gasteiger partial charge in [-0.2, -0.15) is 0 Å². The van der Waals surface area contributed by atoms with Crippen molar-refractivity contribution >= 4 is 0 Å². The molecule has 108 valence electrons. The van der Waals surface area contributed by atoms with Crippen molar-refractivity contribution in [3.05, 3.63) is 35.6 Å². The van der Waals surface area contributed by atoms with E-state index in [4.69, 9.17) is 0 Å². The zero-order valence-corrected chi connectivity index (χ0v) is 12.2. The molecule has 1 atom stereocenters. The normalized spacial score (nSPS) is 40.0. The maximum Gasteiger partial charge on any atom is 0.127 e. The molecule has 0 radical (unpaired) electrons. The summed E-state index contributed by atoms with van der Waals surface area (Å²) >= 11 is 0. The molecule has 1 N–H and O–H groups in total. The first kappa shape index (κ1) is 12.8. The number of hydrogen-bond donors (Lipinski definition) is 1. The summed E-state index contributed by atoms with van der Waals surface area (Å²) in [5.41, 5.74) is 0.882. The topological polar surface area (TPSA) is 12.0 Å². The van der Waals surface area contributed by atoms with E-state index in [0.717, 1.165) is 29.2 Å². The van der Waals surface area contributed by atoms with Gasteiger partial charge in [0.25, 0.3) is 0 Å². The van der Waals surface area contributed by atoms with Crippen LogP contribution in [0.1, 0.15) is 43.7 Å². The van der Waals surface area contributed by atoms with E-state index in [9.17, 15) is 4.39 Å². The fraction of sp³-hybridized carbons (Fsp3) is 0.667. The van der Waals surface area contributed by atoms with Gasteiger partial charge in [-0.1, -0.05) is 18.2 Å². The molecule has 4 aliphatic carbocycles. The Bertz CT molecular complexity index is 470. The van der Waals surface area contributed by atoms with Crippen LogP contribution in [-0.4, -0.2) is 7.05 Å². The van der Waals surface area contributed by atoms with Gasteiger partial charge in [0.15, 0.2) is 0 Å². The van der Waals surface area contributed by atoms with Crippen LogP contribution in [0.3, 0.4) is 0 Å². The van der Waals surface area contributed by atoms with Crippen molar-refractivity contribution in [3.63, 3.8) is 0 Å². The maximum absolute atomic E-state index is 14.2. The average Bonchev–Trinajstić information content (AvgIpc) is 2.43. The Morgan fingerprint density at radius 3 is 2.15 bits per heavy atom. The van der Waals surface area contributed by atoms with Crippen LogP contribution >= 0.6 is 0 Å². The second-order valence-electron chi connectivity index (χ2n) is 7.30. The van der Waals surface area contributed by atoms with Crippen molar-refractivity contribution < 1.29 is 4.39 Å². The molecule has 1 unspecified atom stereocenters. The minimum absolute atomic E-state index is 0.0411. The molecule has 0 spiro atoms. The summed E-state index contributed by atoms with van der Waals surface area (Å²) in [5.74, 6) is 4.20. The molecular weight excluding hydrogens is 249 g/mol. The third-order valence-corrected chi connectivity index (χ3v) is 6.24. The second-order valence-corrected chi connectivity index (χ2v) is 7.30. The summed E-state index contributed by atoms with van der Waals surface area (Å²) < 4.78 is 14.2. The standard InChI is InChI=1S/C18H24FN/c1-20-18(15-4-2-3-5-16(15)19)17-13-7-11-6-12(9-13)10-14(17)8-11/h2-5,11-14,17-18,20H,6-10H2,1H3. The lowest BCUT2D eigenvalue weighted by atomic mass is 9.50. The van der Waals surface area contributed by atoms with Gasteiger partial charge in [-0.3, -0.25) is 0 Å². The van der Waals surface area contributed by atoms with Crippen LogP contribution in [0.4, 0.5) is 4.39 Å². The minimum Gasteiger partial charge on any atom is -0.313 e. The lowest BCUT2D eigenvalue weighted by Gasteiger charge is -2.56. The molecule has 1 nitrogen and oxygen atoms in total. The molecule has 1 aromatic carbocycles. The highest BCUT2D eigenvalue weighted by molar-refractivity contribution is 5.23. The molecule has 0 aliphatic heterocycles. The predicted molar refractivity (Wildman–Crippen MR) is 78.7 cm³/mol. The first-order valence-corrected chi connectivity index (χ1v) is 8.18. The van der Waals surface area contributed by atoms with E-state index in [1.807, 2.05) is 19.2 Å². The van der Waals surface area contributed by atoms with Gasteiger partial charge in [-0.15, -0.1) is 0 Å². The molecule has 0 heterocycles. The van der Waals surface area contributed by atoms with Gasteiger partial charge in [0.1, 0.15) is 5.82 Å². The van der Waals surface area contributed by atoms with Gasteiger partial charge in [-0.25, -0.2) is 4.39 Å². The van der Waals surface area contributed by atoms with E-state index >= 15 is 0 Å². The van der Waals surface area contributed by atoms with E-state index < -0.39 is 0 Å². The fourth-order valence-electron chi connectivity index (χ4n) is 5.79. The van der Waals surface area contributed by atoms with Crippen LogP contribution in [0.15, 0.2) is 24.3 Å². The van der Waals surface area contributed by atoms with Crippen molar-refractivity contribution in [2.45, 2.75) is 38.1 Å². The third kappa shape index (κ3) is 1.92. The predicted octanol–water partition coefficient (Wildman–Crippen LogP) is 4.16. The average molecular weight is 273 g/mol. The summed E-state index contributed by atoms with van der Waals surface area (Å²) in [6, 6.07) is 7.55. The van der Waals surface area contributed by atoms with Crippen molar-refractivity contribution in [2.75, 3.05) is 7.05 Å². The van der Waals surface area contributed by atoms with Crippen LogP contribution in [0.5, 0.6) is 0 Å². The molecule has 20 heavy (non-hydrogen) atoms. The summed E-state index contributed by atoms with van der Waals surface area (Å²) in [4.78, 5) is 0. The molecule has 0 saturated heterocycles. The van der Waals surface area contributed by atoms with E-state index in [2.05, 4.69) is 5.32 Å². The van der Waals surface area contributed by atoms with Crippen LogP contribution in [0, 0.1) is 35.4 Å². The summed E-state index contributed by atoms with van der Waals surface area (Å²) in [6.07, 6.45) is 7.05. The Labute approximate surface area is 121 Å². The van der Waals surface area contributed by atoms with Crippen molar-refractivity contribution in [3.8, 4) is 0 Å². The van der Waals surface area contributed by atoms with Crippen LogP contribution in [-0.2, 0) is 0 Å². The molecule has 5 rings (SSSR count). The number of rotatable bonds is 3. The highest BCUT2D eigenvalue weighted by Crippen LogP contribution is 2.59. The Morgan fingerprint density at radius 1 is 1.00 bits per heavy atom. The quantitative estimate of drug-likeness (QED) is 0.872. The number of halogens is 1. The smallest absolute Gasteiger partial charge is 0.127 e. The Hall–Kier alpha value is -0.890. The van der Waals surface area contributed by atoms with Gasteiger partial charge in [0.2, 0.25) is 0 Å². The molecular formula is C18H24FN.